The fourth-order valence-corrected chi connectivity index (χ4v) is 5.62. The van der Waals surface area contributed by atoms with E-state index >= 15 is 0 Å². The van der Waals surface area contributed by atoms with Crippen molar-refractivity contribution in [2.75, 3.05) is 26.2 Å². The van der Waals surface area contributed by atoms with Crippen molar-refractivity contribution in [1.29, 1.82) is 0 Å². The number of rotatable bonds is 4. The van der Waals surface area contributed by atoms with Crippen molar-refractivity contribution in [2.45, 2.75) is 37.8 Å². The molecular formula is C22H31Cl2N5O. The monoisotopic (exact) mass is 451 g/mol. The van der Waals surface area contributed by atoms with Crippen molar-refractivity contribution in [3.63, 3.8) is 0 Å². The van der Waals surface area contributed by atoms with Gasteiger partial charge in [-0.2, -0.15) is 0 Å². The molecule has 0 radical (unpaired) electrons. The number of nitrogens with one attached hydrogen (secondary N) is 3. The Morgan fingerprint density at radius 1 is 1.13 bits per heavy atom. The Kier molecular flexibility index (Phi) is 7.80. The van der Waals surface area contributed by atoms with Gasteiger partial charge in [-0.05, 0) is 50.7 Å². The third-order valence-corrected chi connectivity index (χ3v) is 6.91. The molecule has 5 rings (SSSR count). The molecule has 2 bridgehead atoms. The minimum absolute atomic E-state index is 0. The molecule has 3 N–H and O–H groups in total. The van der Waals surface area contributed by atoms with Crippen molar-refractivity contribution < 1.29 is 4.79 Å². The second kappa shape index (κ2) is 10.1. The number of H-pyrrole nitrogens is 1. The van der Waals surface area contributed by atoms with E-state index in [2.05, 4.69) is 25.5 Å². The molecule has 1 aromatic carbocycles. The number of piperidine rings is 3. The number of amides is 1. The quantitative estimate of drug-likeness (QED) is 0.667. The molecule has 3 fully saturated rings. The molecule has 3 saturated heterocycles. The number of hydrogen-bond donors (Lipinski definition) is 3. The Morgan fingerprint density at radius 2 is 1.93 bits per heavy atom. The van der Waals surface area contributed by atoms with Gasteiger partial charge in [-0.25, -0.2) is 4.98 Å². The summed E-state index contributed by atoms with van der Waals surface area (Å²) >= 11 is 0. The summed E-state index contributed by atoms with van der Waals surface area (Å²) in [6, 6.07) is 11.0. The smallest absolute Gasteiger partial charge is 0.270 e. The van der Waals surface area contributed by atoms with E-state index in [9.17, 15) is 4.79 Å². The SMILES string of the molecule is Cl.Cl.O=C(NC[C@H]1[C@@H]2CNC[C@@H](C2)[C@@H]2CCCCN21)c1[nH]cnc1-c1ccccc1. The molecule has 6 nitrogen and oxygen atoms in total. The van der Waals surface area contributed by atoms with Gasteiger partial charge in [0, 0.05) is 24.2 Å². The maximum atomic E-state index is 13.0. The van der Waals surface area contributed by atoms with E-state index in [0.717, 1.165) is 30.3 Å². The molecule has 164 valence electrons. The van der Waals surface area contributed by atoms with E-state index in [1.807, 2.05) is 30.3 Å². The first-order valence-corrected chi connectivity index (χ1v) is 10.6. The van der Waals surface area contributed by atoms with Gasteiger partial charge in [-0.1, -0.05) is 36.8 Å². The highest BCUT2D eigenvalue weighted by molar-refractivity contribution is 5.98. The van der Waals surface area contributed by atoms with Crippen molar-refractivity contribution in [2.24, 2.45) is 11.8 Å². The Hall–Kier alpha value is -1.60. The number of nitrogens with zero attached hydrogens (tertiary/aromatic N) is 2. The van der Waals surface area contributed by atoms with Crippen molar-refractivity contribution in [3.05, 3.63) is 42.4 Å². The zero-order valence-corrected chi connectivity index (χ0v) is 18.7. The van der Waals surface area contributed by atoms with Crippen molar-refractivity contribution in [1.82, 2.24) is 25.5 Å². The van der Waals surface area contributed by atoms with E-state index in [4.69, 9.17) is 0 Å². The van der Waals surface area contributed by atoms with Crippen LogP contribution in [0, 0.1) is 11.8 Å². The maximum Gasteiger partial charge on any atom is 0.270 e. The summed E-state index contributed by atoms with van der Waals surface area (Å²) < 4.78 is 0. The van der Waals surface area contributed by atoms with Crippen LogP contribution in [0.5, 0.6) is 0 Å². The number of halogens is 2. The summed E-state index contributed by atoms with van der Waals surface area (Å²) in [5.41, 5.74) is 2.23. The van der Waals surface area contributed by atoms with E-state index < -0.39 is 0 Å². The van der Waals surface area contributed by atoms with E-state index in [0.29, 0.717) is 30.2 Å². The average molecular weight is 452 g/mol. The van der Waals surface area contributed by atoms with Gasteiger partial charge in [0.05, 0.1) is 6.33 Å². The minimum Gasteiger partial charge on any atom is -0.349 e. The molecule has 8 heteroatoms. The summed E-state index contributed by atoms with van der Waals surface area (Å²) in [7, 11) is 0. The van der Waals surface area contributed by atoms with E-state index in [1.54, 1.807) is 6.33 Å². The topological polar surface area (TPSA) is 73.1 Å². The van der Waals surface area contributed by atoms with E-state index in [-0.39, 0.29) is 30.7 Å². The number of aromatic amines is 1. The molecular weight excluding hydrogens is 421 g/mol. The zero-order valence-electron chi connectivity index (χ0n) is 17.0. The first kappa shape index (κ1) is 23.1. The molecule has 30 heavy (non-hydrogen) atoms. The minimum atomic E-state index is -0.0594. The fourth-order valence-electron chi connectivity index (χ4n) is 5.62. The van der Waals surface area contributed by atoms with Gasteiger partial charge in [0.1, 0.15) is 11.4 Å². The van der Waals surface area contributed by atoms with Crippen LogP contribution in [0.4, 0.5) is 0 Å². The predicted molar refractivity (Wildman–Crippen MR) is 123 cm³/mol. The second-order valence-electron chi connectivity index (χ2n) is 8.48. The number of carbonyl (C=O) groups excluding carboxylic acids is 1. The molecule has 0 aliphatic carbocycles. The lowest BCUT2D eigenvalue weighted by molar-refractivity contribution is -0.0371. The van der Waals surface area contributed by atoms with Gasteiger partial charge in [0.2, 0.25) is 0 Å². The first-order chi connectivity index (χ1) is 13.8. The summed E-state index contributed by atoms with van der Waals surface area (Å²) in [4.78, 5) is 23.1. The normalized spacial score (nSPS) is 27.9. The van der Waals surface area contributed by atoms with Crippen LogP contribution in [-0.2, 0) is 0 Å². The van der Waals surface area contributed by atoms with Crippen molar-refractivity contribution in [3.8, 4) is 11.3 Å². The number of hydrogen-bond acceptors (Lipinski definition) is 4. The molecule has 3 aliphatic heterocycles. The molecule has 3 aliphatic rings. The van der Waals surface area contributed by atoms with Gasteiger partial charge in [-0.3, -0.25) is 9.69 Å². The number of imidazole rings is 1. The Bertz CT molecular complexity index is 830. The van der Waals surface area contributed by atoms with Gasteiger partial charge in [0.25, 0.3) is 5.91 Å². The van der Waals surface area contributed by atoms with Gasteiger partial charge in [0.15, 0.2) is 0 Å². The molecule has 0 unspecified atom stereocenters. The first-order valence-electron chi connectivity index (χ1n) is 10.6. The highest BCUT2D eigenvalue weighted by atomic mass is 35.5. The molecule has 4 heterocycles. The average Bonchev–Trinajstić information content (AvgIpc) is 3.24. The Morgan fingerprint density at radius 3 is 2.77 bits per heavy atom. The lowest BCUT2D eigenvalue weighted by Crippen LogP contribution is -2.65. The molecule has 4 atom stereocenters. The molecule has 1 amide bonds. The van der Waals surface area contributed by atoms with Crippen LogP contribution >= 0.6 is 24.8 Å². The third-order valence-electron chi connectivity index (χ3n) is 6.91. The van der Waals surface area contributed by atoms with Crippen LogP contribution in [0.2, 0.25) is 0 Å². The van der Waals surface area contributed by atoms with Gasteiger partial charge in [-0.15, -0.1) is 24.8 Å². The van der Waals surface area contributed by atoms with Crippen LogP contribution in [0.1, 0.15) is 36.2 Å². The largest absolute Gasteiger partial charge is 0.349 e. The summed E-state index contributed by atoms with van der Waals surface area (Å²) in [5.74, 6) is 1.35. The standard InChI is InChI=1S/C22H29N5O.2ClH/c28-22(21-20(25-14-26-21)15-6-2-1-3-7-15)24-13-19-17-10-16(11-23-12-17)18-8-4-5-9-27(18)19;;/h1-3,6-7,14,16-19,23H,4-5,8-13H2,(H,24,28)(H,25,26);2*1H/t16-,17+,18+,19+;;/m1../s1. The van der Waals surface area contributed by atoms with Gasteiger partial charge >= 0.3 is 0 Å². The van der Waals surface area contributed by atoms with Crippen LogP contribution in [0.3, 0.4) is 0 Å². The highest BCUT2D eigenvalue weighted by Gasteiger charge is 2.45. The summed E-state index contributed by atoms with van der Waals surface area (Å²) in [6.45, 7) is 4.12. The zero-order chi connectivity index (χ0) is 18.9. The fraction of sp³-hybridized carbons (Fsp3) is 0.545. The molecule has 1 aromatic heterocycles. The Labute approximate surface area is 190 Å². The van der Waals surface area contributed by atoms with Crippen LogP contribution in [-0.4, -0.2) is 59.0 Å². The summed E-state index contributed by atoms with van der Waals surface area (Å²) in [6.07, 6.45) is 6.84. The lowest BCUT2D eigenvalue weighted by atomic mass is 9.73. The lowest BCUT2D eigenvalue weighted by Gasteiger charge is -2.55. The molecule has 0 spiro atoms. The summed E-state index contributed by atoms with van der Waals surface area (Å²) in [5, 5.41) is 6.86. The predicted octanol–water partition coefficient (Wildman–Crippen LogP) is 3.11. The van der Waals surface area contributed by atoms with Crippen molar-refractivity contribution >= 4 is 30.7 Å². The number of aromatic nitrogens is 2. The van der Waals surface area contributed by atoms with E-state index in [1.165, 1.54) is 32.2 Å². The van der Waals surface area contributed by atoms with Crippen LogP contribution in [0.25, 0.3) is 11.3 Å². The van der Waals surface area contributed by atoms with Gasteiger partial charge < -0.3 is 15.6 Å². The van der Waals surface area contributed by atoms with Crippen LogP contribution in [0.15, 0.2) is 36.7 Å². The Balaban J connectivity index is 0.00000128. The second-order valence-corrected chi connectivity index (χ2v) is 8.48. The number of carbonyl (C=O) groups is 1. The third kappa shape index (κ3) is 4.37. The number of fused-ring (bicyclic) bond motifs is 4. The molecule has 0 saturated carbocycles. The maximum absolute atomic E-state index is 13.0. The number of benzene rings is 1. The van der Waals surface area contributed by atoms with Crippen LogP contribution < -0.4 is 10.6 Å². The molecule has 2 aromatic rings. The highest BCUT2D eigenvalue weighted by Crippen LogP contribution is 2.38.